The van der Waals surface area contributed by atoms with Crippen LogP contribution in [0.5, 0.6) is 11.6 Å². The van der Waals surface area contributed by atoms with E-state index < -0.39 is 5.54 Å². The van der Waals surface area contributed by atoms with Gasteiger partial charge in [-0.25, -0.2) is 9.78 Å². The molecule has 0 bridgehead atoms. The van der Waals surface area contributed by atoms with Crippen LogP contribution in [0.25, 0.3) is 0 Å². The molecule has 1 aromatic heterocycles. The van der Waals surface area contributed by atoms with Crippen LogP contribution in [0.1, 0.15) is 25.8 Å². The number of methoxy groups -OCH3 is 1. The first kappa shape index (κ1) is 19.8. The van der Waals surface area contributed by atoms with Gasteiger partial charge in [-0.3, -0.25) is 0 Å². The van der Waals surface area contributed by atoms with Crippen LogP contribution in [0.3, 0.4) is 0 Å². The highest BCUT2D eigenvalue weighted by molar-refractivity contribution is 6.31. The number of rotatable bonds is 7. The van der Waals surface area contributed by atoms with Gasteiger partial charge in [0, 0.05) is 11.9 Å². The molecule has 2 N–H and O–H groups in total. The largest absolute Gasteiger partial charge is 0.497 e. The van der Waals surface area contributed by atoms with Crippen molar-refractivity contribution >= 4 is 23.3 Å². The summed E-state index contributed by atoms with van der Waals surface area (Å²) in [6.45, 7) is 6.03. The third-order valence-corrected chi connectivity index (χ3v) is 4.42. The van der Waals surface area contributed by atoms with Crippen LogP contribution < -0.4 is 20.1 Å². The molecule has 0 saturated heterocycles. The number of aryl methyl sites for hydroxylation is 1. The molecule has 1 atom stereocenters. The maximum absolute atomic E-state index is 12.4. The Balaban J connectivity index is 1.99. The molecule has 140 valence electrons. The van der Waals surface area contributed by atoms with Crippen molar-refractivity contribution in [3.05, 3.63) is 47.1 Å². The highest BCUT2D eigenvalue weighted by Crippen LogP contribution is 2.23. The van der Waals surface area contributed by atoms with E-state index in [0.29, 0.717) is 17.3 Å². The number of ether oxygens (including phenoxy) is 2. The maximum Gasteiger partial charge on any atom is 0.319 e. The van der Waals surface area contributed by atoms with Crippen molar-refractivity contribution in [3.8, 4) is 11.6 Å². The van der Waals surface area contributed by atoms with Crippen molar-refractivity contribution in [1.82, 2.24) is 10.3 Å². The number of amides is 2. The van der Waals surface area contributed by atoms with Gasteiger partial charge in [0.2, 0.25) is 5.88 Å². The fourth-order valence-electron chi connectivity index (χ4n) is 2.26. The number of hydrogen-bond acceptors (Lipinski definition) is 4. The van der Waals surface area contributed by atoms with Crippen LogP contribution in [0.2, 0.25) is 5.02 Å². The Morgan fingerprint density at radius 1 is 1.35 bits per heavy atom. The minimum Gasteiger partial charge on any atom is -0.497 e. The third-order valence-electron chi connectivity index (χ3n) is 4.13. The zero-order chi connectivity index (χ0) is 19.2. The molecular formula is C19H24ClN3O3. The molecule has 26 heavy (non-hydrogen) atoms. The number of aromatic nitrogens is 1. The minimum atomic E-state index is -0.578. The number of nitrogens with one attached hydrogen (secondary N) is 2. The zero-order valence-corrected chi connectivity index (χ0v) is 16.2. The number of pyridine rings is 1. The number of carbonyl (C=O) groups excluding carboxylic acids is 1. The Kier molecular flexibility index (Phi) is 6.69. The Morgan fingerprint density at radius 2 is 2.12 bits per heavy atom. The quantitative estimate of drug-likeness (QED) is 0.749. The molecule has 2 aromatic rings. The highest BCUT2D eigenvalue weighted by Gasteiger charge is 2.26. The predicted molar refractivity (Wildman–Crippen MR) is 103 cm³/mol. The molecule has 1 heterocycles. The van der Waals surface area contributed by atoms with E-state index in [0.717, 1.165) is 17.0 Å². The lowest BCUT2D eigenvalue weighted by Crippen LogP contribution is -2.51. The van der Waals surface area contributed by atoms with E-state index in [1.54, 1.807) is 37.6 Å². The zero-order valence-electron chi connectivity index (χ0n) is 15.4. The fourth-order valence-corrected chi connectivity index (χ4v) is 2.44. The molecular weight excluding hydrogens is 354 g/mol. The van der Waals surface area contributed by atoms with Crippen LogP contribution in [0, 0.1) is 6.92 Å². The van der Waals surface area contributed by atoms with E-state index in [9.17, 15) is 4.79 Å². The van der Waals surface area contributed by atoms with Gasteiger partial charge in [-0.05, 0) is 56.2 Å². The lowest BCUT2D eigenvalue weighted by molar-refractivity contribution is 0.183. The molecule has 0 saturated carbocycles. The standard InChI is InChI=1S/C19H24ClN3O3/c1-5-19(3,12-26-17-15(20)7-6-10-21-17)23-18(24)22-16-9-8-14(25-4)11-13(16)2/h6-11H,5,12H2,1-4H3,(H2,22,23,24)/t19-/m0/s1. The summed E-state index contributed by atoms with van der Waals surface area (Å²) < 4.78 is 10.9. The summed E-state index contributed by atoms with van der Waals surface area (Å²) in [6.07, 6.45) is 2.28. The molecule has 2 amide bonds. The van der Waals surface area contributed by atoms with Gasteiger partial charge >= 0.3 is 6.03 Å². The van der Waals surface area contributed by atoms with Crippen LogP contribution in [-0.2, 0) is 0 Å². The lowest BCUT2D eigenvalue weighted by atomic mass is 10.0. The van der Waals surface area contributed by atoms with Crippen molar-refractivity contribution < 1.29 is 14.3 Å². The minimum absolute atomic E-state index is 0.245. The van der Waals surface area contributed by atoms with Crippen LogP contribution >= 0.6 is 11.6 Å². The second-order valence-electron chi connectivity index (χ2n) is 6.25. The molecule has 0 aliphatic rings. The third kappa shape index (κ3) is 5.26. The first-order valence-electron chi connectivity index (χ1n) is 8.34. The molecule has 1 aromatic carbocycles. The van der Waals surface area contributed by atoms with Crippen LogP contribution in [0.4, 0.5) is 10.5 Å². The number of urea groups is 1. The van der Waals surface area contributed by atoms with Gasteiger partial charge in [0.25, 0.3) is 0 Å². The molecule has 7 heteroatoms. The fraction of sp³-hybridized carbons (Fsp3) is 0.368. The van der Waals surface area contributed by atoms with Crippen molar-refractivity contribution in [2.24, 2.45) is 0 Å². The predicted octanol–water partition coefficient (Wildman–Crippen LogP) is 4.42. The normalized spacial score (nSPS) is 12.8. The smallest absolute Gasteiger partial charge is 0.319 e. The van der Waals surface area contributed by atoms with E-state index in [4.69, 9.17) is 21.1 Å². The number of halogens is 1. The van der Waals surface area contributed by atoms with Gasteiger partial charge < -0.3 is 20.1 Å². The Bertz CT molecular complexity index is 769. The molecule has 6 nitrogen and oxygen atoms in total. The number of anilines is 1. The Hall–Kier alpha value is -2.47. The van der Waals surface area contributed by atoms with Crippen molar-refractivity contribution in [1.29, 1.82) is 0 Å². The van der Waals surface area contributed by atoms with Gasteiger partial charge in [0.15, 0.2) is 0 Å². The SMILES string of the molecule is CC[C@@](C)(COc1ncccc1Cl)NC(=O)Nc1ccc(OC)cc1C. The number of hydrogen-bond donors (Lipinski definition) is 2. The average molecular weight is 378 g/mol. The average Bonchev–Trinajstić information content (AvgIpc) is 2.62. The number of benzene rings is 1. The van der Waals surface area contributed by atoms with Gasteiger partial charge in [-0.1, -0.05) is 18.5 Å². The summed E-state index contributed by atoms with van der Waals surface area (Å²) in [7, 11) is 1.61. The molecule has 0 spiro atoms. The molecule has 2 rings (SSSR count). The Morgan fingerprint density at radius 3 is 2.73 bits per heavy atom. The van der Waals surface area contributed by atoms with E-state index in [1.165, 1.54) is 0 Å². The van der Waals surface area contributed by atoms with Gasteiger partial charge in [-0.2, -0.15) is 0 Å². The first-order valence-corrected chi connectivity index (χ1v) is 8.72. The van der Waals surface area contributed by atoms with E-state index in [1.807, 2.05) is 26.8 Å². The number of nitrogens with zero attached hydrogens (tertiary/aromatic N) is 1. The van der Waals surface area contributed by atoms with Crippen LogP contribution in [0.15, 0.2) is 36.5 Å². The monoisotopic (exact) mass is 377 g/mol. The van der Waals surface area contributed by atoms with E-state index in [-0.39, 0.29) is 12.6 Å². The van der Waals surface area contributed by atoms with Crippen molar-refractivity contribution in [2.75, 3.05) is 19.0 Å². The first-order chi connectivity index (χ1) is 12.4. The second kappa shape index (κ2) is 8.76. The van der Waals surface area contributed by atoms with Gasteiger partial charge in [0.1, 0.15) is 17.4 Å². The Labute approximate surface area is 158 Å². The van der Waals surface area contributed by atoms with Crippen molar-refractivity contribution in [2.45, 2.75) is 32.7 Å². The van der Waals surface area contributed by atoms with Crippen molar-refractivity contribution in [3.63, 3.8) is 0 Å². The summed E-state index contributed by atoms with van der Waals surface area (Å²) in [5.74, 6) is 1.09. The van der Waals surface area contributed by atoms with Gasteiger partial charge in [0.05, 0.1) is 12.6 Å². The van der Waals surface area contributed by atoms with E-state index >= 15 is 0 Å². The van der Waals surface area contributed by atoms with E-state index in [2.05, 4.69) is 15.6 Å². The number of carbonyl (C=O) groups is 1. The van der Waals surface area contributed by atoms with Crippen LogP contribution in [-0.4, -0.2) is 30.3 Å². The summed E-state index contributed by atoms with van der Waals surface area (Å²) in [5, 5.41) is 6.25. The molecule has 0 aliphatic heterocycles. The molecule has 0 unspecified atom stereocenters. The molecule has 0 radical (unpaired) electrons. The summed E-state index contributed by atoms with van der Waals surface area (Å²) in [5.41, 5.74) is 1.05. The lowest BCUT2D eigenvalue weighted by Gasteiger charge is -2.29. The molecule has 0 aliphatic carbocycles. The summed E-state index contributed by atoms with van der Waals surface area (Å²) in [6, 6.07) is 8.60. The topological polar surface area (TPSA) is 72.5 Å². The second-order valence-corrected chi connectivity index (χ2v) is 6.66. The highest BCUT2D eigenvalue weighted by atomic mass is 35.5. The van der Waals surface area contributed by atoms with Gasteiger partial charge in [-0.15, -0.1) is 0 Å². The maximum atomic E-state index is 12.4. The summed E-state index contributed by atoms with van der Waals surface area (Å²) in [4.78, 5) is 16.5. The molecule has 0 fully saturated rings. The summed E-state index contributed by atoms with van der Waals surface area (Å²) >= 11 is 6.05.